The molecular formula is C24H24N+. The SMILES string of the molecule is [2H]C([2H])([2H])c1cc2c([n+](C)c1)-c1c(cc3c(c1C)Cc1ccccc1-3)C2(C)C. The molecule has 2 aliphatic carbocycles. The summed E-state index contributed by atoms with van der Waals surface area (Å²) in [6.45, 7) is 4.56. The van der Waals surface area contributed by atoms with Crippen LogP contribution in [0.15, 0.2) is 42.6 Å². The van der Waals surface area contributed by atoms with Gasteiger partial charge in [0.05, 0.1) is 5.56 Å². The Kier molecular flexibility index (Phi) is 2.21. The van der Waals surface area contributed by atoms with E-state index in [1.807, 2.05) is 17.7 Å². The molecule has 1 heteroatoms. The van der Waals surface area contributed by atoms with Crippen molar-refractivity contribution in [2.75, 3.05) is 0 Å². The van der Waals surface area contributed by atoms with Gasteiger partial charge in [0.15, 0.2) is 6.20 Å². The first-order valence-electron chi connectivity index (χ1n) is 10.4. The molecular weight excluding hydrogens is 302 g/mol. The Labute approximate surface area is 154 Å². The standard InChI is InChI=1S/C24H24N/c1-14-10-21-23(25(5)13-14)22-15(2)18-11-16-8-6-7-9-17(16)19(18)12-20(22)24(21,3)4/h6-10,12-13H,11H2,1-5H3/q+1/i1D3. The van der Waals surface area contributed by atoms with E-state index in [0.717, 1.165) is 17.7 Å². The Morgan fingerprint density at radius 1 is 1.08 bits per heavy atom. The highest BCUT2D eigenvalue weighted by Gasteiger charge is 2.43. The predicted molar refractivity (Wildman–Crippen MR) is 103 cm³/mol. The number of pyridine rings is 1. The van der Waals surface area contributed by atoms with Crippen LogP contribution in [0.5, 0.6) is 0 Å². The average Bonchev–Trinajstić information content (AvgIpc) is 3.10. The van der Waals surface area contributed by atoms with Crippen molar-refractivity contribution in [3.63, 3.8) is 0 Å². The first-order valence-corrected chi connectivity index (χ1v) is 8.91. The molecule has 0 fully saturated rings. The monoisotopic (exact) mass is 329 g/mol. The molecule has 3 aromatic rings. The zero-order valence-corrected chi connectivity index (χ0v) is 15.2. The molecule has 0 spiro atoms. The lowest BCUT2D eigenvalue weighted by atomic mass is 9.80. The number of hydrogen-bond donors (Lipinski definition) is 0. The van der Waals surface area contributed by atoms with Crippen LogP contribution in [-0.4, -0.2) is 0 Å². The van der Waals surface area contributed by atoms with Crippen LogP contribution in [-0.2, 0) is 18.9 Å². The van der Waals surface area contributed by atoms with E-state index in [1.165, 1.54) is 38.9 Å². The molecule has 0 bridgehead atoms. The average molecular weight is 329 g/mol. The lowest BCUT2D eigenvalue weighted by molar-refractivity contribution is -0.660. The van der Waals surface area contributed by atoms with Gasteiger partial charge in [-0.25, -0.2) is 4.57 Å². The molecule has 25 heavy (non-hydrogen) atoms. The highest BCUT2D eigenvalue weighted by molar-refractivity contribution is 5.88. The van der Waals surface area contributed by atoms with Crippen molar-refractivity contribution in [3.8, 4) is 22.4 Å². The molecule has 0 atom stereocenters. The minimum absolute atomic E-state index is 0.235. The molecule has 0 amide bonds. The Bertz CT molecular complexity index is 1170. The van der Waals surface area contributed by atoms with Crippen LogP contribution >= 0.6 is 0 Å². The van der Waals surface area contributed by atoms with Crippen molar-refractivity contribution in [1.29, 1.82) is 0 Å². The largest absolute Gasteiger partial charge is 0.216 e. The summed E-state index contributed by atoms with van der Waals surface area (Å²) in [5.74, 6) is 0. The maximum atomic E-state index is 7.87. The van der Waals surface area contributed by atoms with Crippen LogP contribution in [0.3, 0.4) is 0 Å². The summed E-state index contributed by atoms with van der Waals surface area (Å²) in [6, 6.07) is 12.9. The number of aryl methyl sites for hydroxylation is 2. The number of fused-ring (bicyclic) bond motifs is 6. The molecule has 0 radical (unpaired) electrons. The van der Waals surface area contributed by atoms with E-state index in [1.54, 1.807) is 6.20 Å². The zero-order valence-electron chi connectivity index (χ0n) is 18.2. The number of benzene rings is 2. The Morgan fingerprint density at radius 3 is 2.68 bits per heavy atom. The van der Waals surface area contributed by atoms with Crippen molar-refractivity contribution < 1.29 is 8.68 Å². The normalized spacial score (nSPS) is 17.8. The highest BCUT2D eigenvalue weighted by atomic mass is 14.9. The summed E-state index contributed by atoms with van der Waals surface area (Å²) in [7, 11) is 1.97. The van der Waals surface area contributed by atoms with Crippen LogP contribution in [0.1, 0.15) is 51.3 Å². The quantitative estimate of drug-likeness (QED) is 0.399. The van der Waals surface area contributed by atoms with Gasteiger partial charge in [0.25, 0.3) is 0 Å². The van der Waals surface area contributed by atoms with E-state index in [9.17, 15) is 0 Å². The first-order chi connectivity index (χ1) is 13.1. The fraction of sp³-hybridized carbons (Fsp3) is 0.292. The Hall–Kier alpha value is -2.41. The smallest absolute Gasteiger partial charge is 0.200 e. The molecule has 0 saturated heterocycles. The summed E-state index contributed by atoms with van der Waals surface area (Å²) < 4.78 is 25.6. The summed E-state index contributed by atoms with van der Waals surface area (Å²) in [4.78, 5) is 0. The van der Waals surface area contributed by atoms with Crippen molar-refractivity contribution >= 4 is 0 Å². The third-order valence-electron chi connectivity index (χ3n) is 6.21. The molecule has 0 saturated carbocycles. The Morgan fingerprint density at radius 2 is 1.88 bits per heavy atom. The van der Waals surface area contributed by atoms with E-state index in [2.05, 4.69) is 51.1 Å². The van der Waals surface area contributed by atoms with E-state index in [4.69, 9.17) is 4.11 Å². The van der Waals surface area contributed by atoms with Gasteiger partial charge < -0.3 is 0 Å². The zero-order chi connectivity index (χ0) is 20.0. The molecule has 1 heterocycles. The van der Waals surface area contributed by atoms with Crippen molar-refractivity contribution in [2.24, 2.45) is 7.05 Å². The van der Waals surface area contributed by atoms with E-state index in [0.29, 0.717) is 5.56 Å². The summed E-state index contributed by atoms with van der Waals surface area (Å²) >= 11 is 0. The van der Waals surface area contributed by atoms with Crippen LogP contribution in [0.2, 0.25) is 0 Å². The van der Waals surface area contributed by atoms with Gasteiger partial charge in [-0.1, -0.05) is 38.1 Å². The fourth-order valence-electron chi connectivity index (χ4n) is 4.91. The van der Waals surface area contributed by atoms with E-state index >= 15 is 0 Å². The van der Waals surface area contributed by atoms with Crippen LogP contribution < -0.4 is 4.57 Å². The number of nitrogens with zero attached hydrogens (tertiary/aromatic N) is 1. The molecule has 0 N–H and O–H groups in total. The van der Waals surface area contributed by atoms with Gasteiger partial charge in [-0.3, -0.25) is 0 Å². The second kappa shape index (κ2) is 4.60. The highest BCUT2D eigenvalue weighted by Crippen LogP contribution is 2.52. The topological polar surface area (TPSA) is 3.88 Å². The molecule has 124 valence electrons. The van der Waals surface area contributed by atoms with Gasteiger partial charge >= 0.3 is 0 Å². The third kappa shape index (κ3) is 1.76. The van der Waals surface area contributed by atoms with Crippen molar-refractivity contribution in [3.05, 3.63) is 76.0 Å². The minimum Gasteiger partial charge on any atom is -0.200 e. The number of hydrogen-bond acceptors (Lipinski definition) is 0. The van der Waals surface area contributed by atoms with Gasteiger partial charge in [-0.05, 0) is 65.7 Å². The van der Waals surface area contributed by atoms with E-state index < -0.39 is 6.85 Å². The second-order valence-corrected chi connectivity index (χ2v) is 8.01. The van der Waals surface area contributed by atoms with Gasteiger partial charge in [-0.15, -0.1) is 0 Å². The summed E-state index contributed by atoms with van der Waals surface area (Å²) in [5, 5.41) is 0. The van der Waals surface area contributed by atoms with Gasteiger partial charge in [-0.2, -0.15) is 0 Å². The number of rotatable bonds is 0. The molecule has 1 aromatic heterocycles. The Balaban J connectivity index is 1.83. The summed E-state index contributed by atoms with van der Waals surface area (Å²) in [6.07, 6.45) is 2.75. The van der Waals surface area contributed by atoms with Crippen molar-refractivity contribution in [1.82, 2.24) is 0 Å². The molecule has 1 nitrogen and oxygen atoms in total. The van der Waals surface area contributed by atoms with Crippen LogP contribution in [0, 0.1) is 13.8 Å². The van der Waals surface area contributed by atoms with Crippen LogP contribution in [0.4, 0.5) is 0 Å². The fourth-order valence-corrected chi connectivity index (χ4v) is 4.91. The maximum Gasteiger partial charge on any atom is 0.216 e. The molecule has 2 aromatic carbocycles. The summed E-state index contributed by atoms with van der Waals surface area (Å²) in [5.41, 5.74) is 11.8. The molecule has 0 unspecified atom stereocenters. The predicted octanol–water partition coefficient (Wildman–Crippen LogP) is 5.01. The minimum atomic E-state index is -2.10. The van der Waals surface area contributed by atoms with Gasteiger partial charge in [0.1, 0.15) is 7.05 Å². The lowest BCUT2D eigenvalue weighted by Crippen LogP contribution is -2.32. The maximum absolute atomic E-state index is 7.87. The van der Waals surface area contributed by atoms with Crippen LogP contribution in [0.25, 0.3) is 22.4 Å². The first kappa shape index (κ1) is 12.0. The van der Waals surface area contributed by atoms with E-state index in [-0.39, 0.29) is 5.41 Å². The molecule has 5 rings (SSSR count). The molecule has 0 aliphatic heterocycles. The van der Waals surface area contributed by atoms with Crippen molar-refractivity contribution in [2.45, 2.75) is 39.5 Å². The third-order valence-corrected chi connectivity index (χ3v) is 6.21. The van der Waals surface area contributed by atoms with Gasteiger partial charge in [0.2, 0.25) is 5.69 Å². The molecule has 2 aliphatic rings. The number of aromatic nitrogens is 1. The lowest BCUT2D eigenvalue weighted by Gasteiger charge is -2.21. The van der Waals surface area contributed by atoms with Gasteiger partial charge in [0, 0.05) is 20.7 Å². The second-order valence-electron chi connectivity index (χ2n) is 8.01.